The predicted molar refractivity (Wildman–Crippen MR) is 89.7 cm³/mol. The fourth-order valence-electron chi connectivity index (χ4n) is 2.68. The first-order valence-corrected chi connectivity index (χ1v) is 9.31. The molecular weight excluding hydrogens is 381 g/mol. The van der Waals surface area contributed by atoms with Gasteiger partial charge in [-0.3, -0.25) is 0 Å². The van der Waals surface area contributed by atoms with Crippen molar-refractivity contribution in [3.05, 3.63) is 42.0 Å². The van der Waals surface area contributed by atoms with Crippen molar-refractivity contribution in [3.63, 3.8) is 0 Å². The molecule has 144 valence electrons. The lowest BCUT2D eigenvalue weighted by Gasteiger charge is -2.17. The summed E-state index contributed by atoms with van der Waals surface area (Å²) < 4.78 is 50.9. The second kappa shape index (κ2) is 7.45. The third-order valence-electron chi connectivity index (χ3n) is 4.02. The van der Waals surface area contributed by atoms with Gasteiger partial charge in [0.2, 0.25) is 10.0 Å². The highest BCUT2D eigenvalue weighted by Crippen LogP contribution is 2.27. The second-order valence-electron chi connectivity index (χ2n) is 5.71. The third-order valence-corrected chi connectivity index (χ3v) is 5.88. The molecule has 0 aliphatic carbocycles. The van der Waals surface area contributed by atoms with E-state index in [-0.39, 0.29) is 29.7 Å². The van der Waals surface area contributed by atoms with Gasteiger partial charge < -0.3 is 14.6 Å². The Morgan fingerprint density at radius 2 is 2.00 bits per heavy atom. The van der Waals surface area contributed by atoms with Gasteiger partial charge in [0.25, 0.3) is 11.8 Å². The van der Waals surface area contributed by atoms with E-state index in [4.69, 9.17) is 14.6 Å². The number of rotatable bonds is 6. The van der Waals surface area contributed by atoms with E-state index < -0.39 is 33.5 Å². The lowest BCUT2D eigenvalue weighted by molar-refractivity contribution is 0.0691. The molecule has 1 saturated heterocycles. The van der Waals surface area contributed by atoms with Crippen molar-refractivity contribution in [2.24, 2.45) is 0 Å². The first-order chi connectivity index (χ1) is 12.8. The van der Waals surface area contributed by atoms with Crippen LogP contribution in [-0.4, -0.2) is 60.1 Å². The molecule has 3 rings (SSSR count). The molecule has 0 radical (unpaired) electrons. The molecule has 0 bridgehead atoms. The normalized spacial score (nSPS) is 17.6. The third kappa shape index (κ3) is 3.83. The minimum Gasteiger partial charge on any atom is -0.478 e. The van der Waals surface area contributed by atoms with Crippen LogP contribution < -0.4 is 9.47 Å². The Kier molecular flexibility index (Phi) is 5.24. The number of aromatic nitrogens is 2. The summed E-state index contributed by atoms with van der Waals surface area (Å²) in [4.78, 5) is 18.7. The van der Waals surface area contributed by atoms with Crippen LogP contribution in [0.2, 0.25) is 0 Å². The van der Waals surface area contributed by atoms with Crippen LogP contribution in [0.3, 0.4) is 0 Å². The standard InChI is InChI=1S/C16H16FN3O6S/c1-25-14-15(19-6-5-18-14)26-10-4-7-20(9-10)27(23,24)11-2-3-13(17)12(8-11)16(21)22/h2-3,5-6,8,10H,4,7,9H2,1H3,(H,21,22). The highest BCUT2D eigenvalue weighted by atomic mass is 32.2. The van der Waals surface area contributed by atoms with Crippen molar-refractivity contribution in [1.82, 2.24) is 14.3 Å². The monoisotopic (exact) mass is 397 g/mol. The molecule has 1 N–H and O–H groups in total. The zero-order chi connectivity index (χ0) is 19.6. The minimum atomic E-state index is -4.00. The maximum absolute atomic E-state index is 13.5. The lowest BCUT2D eigenvalue weighted by atomic mass is 10.2. The van der Waals surface area contributed by atoms with Gasteiger partial charge >= 0.3 is 5.97 Å². The number of sulfonamides is 1. The van der Waals surface area contributed by atoms with Crippen molar-refractivity contribution in [1.29, 1.82) is 0 Å². The van der Waals surface area contributed by atoms with Crippen molar-refractivity contribution < 1.29 is 32.2 Å². The van der Waals surface area contributed by atoms with E-state index in [0.29, 0.717) is 6.42 Å². The Morgan fingerprint density at radius 1 is 1.30 bits per heavy atom. The Bertz CT molecular complexity index is 968. The van der Waals surface area contributed by atoms with Crippen LogP contribution in [-0.2, 0) is 10.0 Å². The van der Waals surface area contributed by atoms with Gasteiger partial charge in [0.15, 0.2) is 0 Å². The summed E-state index contributed by atoms with van der Waals surface area (Å²) in [6, 6.07) is 2.68. The van der Waals surface area contributed by atoms with E-state index in [1.54, 1.807) is 0 Å². The van der Waals surface area contributed by atoms with Gasteiger partial charge in [-0.15, -0.1) is 0 Å². The molecule has 1 atom stereocenters. The Balaban J connectivity index is 1.78. The van der Waals surface area contributed by atoms with Crippen LogP contribution in [0.4, 0.5) is 4.39 Å². The average Bonchev–Trinajstić information content (AvgIpc) is 3.11. The largest absolute Gasteiger partial charge is 0.478 e. The minimum absolute atomic E-state index is 0.0296. The molecule has 11 heteroatoms. The summed E-state index contributed by atoms with van der Waals surface area (Å²) in [6.07, 6.45) is 2.77. The number of hydrogen-bond acceptors (Lipinski definition) is 7. The number of methoxy groups -OCH3 is 1. The quantitative estimate of drug-likeness (QED) is 0.771. The number of halogens is 1. The SMILES string of the molecule is COc1nccnc1OC1CCN(S(=O)(=O)c2ccc(F)c(C(=O)O)c2)C1. The van der Waals surface area contributed by atoms with Gasteiger partial charge in [-0.25, -0.2) is 27.6 Å². The second-order valence-corrected chi connectivity index (χ2v) is 7.65. The fraction of sp³-hybridized carbons (Fsp3) is 0.312. The average molecular weight is 397 g/mol. The molecular formula is C16H16FN3O6S. The van der Waals surface area contributed by atoms with E-state index in [1.807, 2.05) is 0 Å². The molecule has 9 nitrogen and oxygen atoms in total. The van der Waals surface area contributed by atoms with Crippen LogP contribution in [0, 0.1) is 5.82 Å². The zero-order valence-corrected chi connectivity index (χ0v) is 15.0. The van der Waals surface area contributed by atoms with Gasteiger partial charge in [-0.05, 0) is 24.6 Å². The van der Waals surface area contributed by atoms with Gasteiger partial charge in [-0.1, -0.05) is 0 Å². The first-order valence-electron chi connectivity index (χ1n) is 7.87. The molecule has 2 heterocycles. The summed E-state index contributed by atoms with van der Waals surface area (Å²) in [7, 11) is -2.58. The van der Waals surface area contributed by atoms with Gasteiger partial charge in [-0.2, -0.15) is 4.31 Å². The molecule has 0 spiro atoms. The number of hydrogen-bond donors (Lipinski definition) is 1. The molecule has 1 aromatic heterocycles. The van der Waals surface area contributed by atoms with E-state index in [1.165, 1.54) is 19.5 Å². The number of ether oxygens (including phenoxy) is 2. The van der Waals surface area contributed by atoms with Crippen LogP contribution >= 0.6 is 0 Å². The molecule has 2 aromatic rings. The number of carboxylic acids is 1. The van der Waals surface area contributed by atoms with E-state index >= 15 is 0 Å². The predicted octanol–water partition coefficient (Wildman–Crippen LogP) is 1.16. The molecule has 1 aliphatic heterocycles. The number of carbonyl (C=O) groups is 1. The summed E-state index contributed by atoms with van der Waals surface area (Å²) in [6.45, 7) is 0.192. The van der Waals surface area contributed by atoms with Gasteiger partial charge in [0, 0.05) is 18.9 Å². The molecule has 0 amide bonds. The van der Waals surface area contributed by atoms with Gasteiger partial charge in [0.1, 0.15) is 11.9 Å². The molecule has 0 saturated carbocycles. The maximum Gasteiger partial charge on any atom is 0.338 e. The topological polar surface area (TPSA) is 119 Å². The zero-order valence-electron chi connectivity index (χ0n) is 14.2. The molecule has 1 aromatic carbocycles. The van der Waals surface area contributed by atoms with Gasteiger partial charge in [0.05, 0.1) is 24.1 Å². The highest BCUT2D eigenvalue weighted by molar-refractivity contribution is 7.89. The smallest absolute Gasteiger partial charge is 0.338 e. The number of benzene rings is 1. The Labute approximate surface area is 154 Å². The fourth-order valence-corrected chi connectivity index (χ4v) is 4.19. The highest BCUT2D eigenvalue weighted by Gasteiger charge is 2.35. The molecule has 27 heavy (non-hydrogen) atoms. The molecule has 1 unspecified atom stereocenters. The summed E-state index contributed by atoms with van der Waals surface area (Å²) in [5, 5.41) is 8.98. The molecule has 1 aliphatic rings. The summed E-state index contributed by atoms with van der Waals surface area (Å²) in [5.41, 5.74) is -0.702. The van der Waals surface area contributed by atoms with Crippen molar-refractivity contribution in [2.45, 2.75) is 17.4 Å². The number of nitrogens with zero attached hydrogens (tertiary/aromatic N) is 3. The van der Waals surface area contributed by atoms with Crippen LogP contribution in [0.1, 0.15) is 16.8 Å². The van der Waals surface area contributed by atoms with Crippen molar-refractivity contribution >= 4 is 16.0 Å². The van der Waals surface area contributed by atoms with E-state index in [0.717, 1.165) is 22.5 Å². The maximum atomic E-state index is 13.5. The van der Waals surface area contributed by atoms with Crippen molar-refractivity contribution in [2.75, 3.05) is 20.2 Å². The van der Waals surface area contributed by atoms with Crippen LogP contribution in [0.15, 0.2) is 35.5 Å². The number of carboxylic acid groups (broad SMARTS) is 1. The Hall–Kier alpha value is -2.79. The lowest BCUT2D eigenvalue weighted by Crippen LogP contribution is -2.31. The summed E-state index contributed by atoms with van der Waals surface area (Å²) in [5.74, 6) is -2.21. The van der Waals surface area contributed by atoms with E-state index in [2.05, 4.69) is 9.97 Å². The summed E-state index contributed by atoms with van der Waals surface area (Å²) >= 11 is 0. The number of aromatic carboxylic acids is 1. The van der Waals surface area contributed by atoms with Crippen LogP contribution in [0.5, 0.6) is 11.8 Å². The van der Waals surface area contributed by atoms with Crippen LogP contribution in [0.25, 0.3) is 0 Å². The Morgan fingerprint density at radius 3 is 2.67 bits per heavy atom. The first kappa shape index (κ1) is 19.0. The van der Waals surface area contributed by atoms with E-state index in [9.17, 15) is 17.6 Å². The van der Waals surface area contributed by atoms with Crippen molar-refractivity contribution in [3.8, 4) is 11.8 Å². The molecule has 1 fully saturated rings.